The Morgan fingerprint density at radius 3 is 2.83 bits per heavy atom. The number of ether oxygens (including phenoxy) is 1. The van der Waals surface area contributed by atoms with Gasteiger partial charge in [0.05, 0.1) is 6.26 Å². The molecule has 5 aliphatic rings. The van der Waals surface area contributed by atoms with Gasteiger partial charge in [-0.15, -0.1) is 0 Å². The van der Waals surface area contributed by atoms with Crippen LogP contribution in [0.3, 0.4) is 0 Å². The van der Waals surface area contributed by atoms with Crippen LogP contribution < -0.4 is 0 Å². The lowest BCUT2D eigenvalue weighted by atomic mass is 9.55. The van der Waals surface area contributed by atoms with Crippen LogP contribution in [0.15, 0.2) is 47.3 Å². The first-order valence-electron chi connectivity index (χ1n) is 9.61. The second-order valence-electron chi connectivity index (χ2n) is 8.54. The molecule has 1 spiro atoms. The first-order valence-corrected chi connectivity index (χ1v) is 9.61. The number of allylic oxidation sites excluding steroid dienone is 6. The van der Waals surface area contributed by atoms with Gasteiger partial charge in [0.1, 0.15) is 5.60 Å². The van der Waals surface area contributed by atoms with Crippen molar-refractivity contribution in [3.05, 3.63) is 47.3 Å². The first kappa shape index (κ1) is 14.7. The molecule has 126 valence electrons. The number of fused-ring (bicyclic) bond motifs is 5. The number of ketones is 1. The maximum atomic E-state index is 11.8. The molecule has 4 atom stereocenters. The highest BCUT2D eigenvalue weighted by Crippen LogP contribution is 2.65. The summed E-state index contributed by atoms with van der Waals surface area (Å²) in [5.74, 6) is 1.77. The van der Waals surface area contributed by atoms with E-state index in [9.17, 15) is 4.79 Å². The molecule has 24 heavy (non-hydrogen) atoms. The zero-order valence-electron chi connectivity index (χ0n) is 14.5. The van der Waals surface area contributed by atoms with E-state index in [1.165, 1.54) is 31.3 Å². The Balaban J connectivity index is 1.54. The molecule has 2 heteroatoms. The fourth-order valence-corrected chi connectivity index (χ4v) is 6.49. The quantitative estimate of drug-likeness (QED) is 0.625. The lowest BCUT2D eigenvalue weighted by Gasteiger charge is -2.52. The highest BCUT2D eigenvalue weighted by atomic mass is 16.5. The molecule has 0 bridgehead atoms. The van der Waals surface area contributed by atoms with E-state index in [1.54, 1.807) is 11.1 Å². The maximum Gasteiger partial charge on any atom is 0.156 e. The SMILES string of the molecule is C[C@]12CCC3=C4CCC(=O)C=C4CC[C@H]3[C@@H]1CCC21C=CC=CO1. The van der Waals surface area contributed by atoms with Gasteiger partial charge in [0.15, 0.2) is 5.78 Å². The average Bonchev–Trinajstić information content (AvgIpc) is 2.87. The van der Waals surface area contributed by atoms with Crippen molar-refractivity contribution < 1.29 is 9.53 Å². The van der Waals surface area contributed by atoms with Gasteiger partial charge in [0.2, 0.25) is 0 Å². The van der Waals surface area contributed by atoms with Crippen LogP contribution in [0.4, 0.5) is 0 Å². The van der Waals surface area contributed by atoms with Crippen molar-refractivity contribution >= 4 is 5.78 Å². The van der Waals surface area contributed by atoms with Crippen molar-refractivity contribution in [3.63, 3.8) is 0 Å². The Hall–Kier alpha value is -1.57. The van der Waals surface area contributed by atoms with E-state index in [2.05, 4.69) is 19.1 Å². The molecule has 0 N–H and O–H groups in total. The van der Waals surface area contributed by atoms with E-state index in [1.807, 2.05) is 18.4 Å². The highest BCUT2D eigenvalue weighted by molar-refractivity contribution is 5.93. The van der Waals surface area contributed by atoms with E-state index >= 15 is 0 Å². The minimum atomic E-state index is -0.0821. The maximum absolute atomic E-state index is 11.8. The van der Waals surface area contributed by atoms with Crippen LogP contribution in [0.5, 0.6) is 0 Å². The van der Waals surface area contributed by atoms with Gasteiger partial charge in [-0.2, -0.15) is 0 Å². The number of carbonyl (C=O) groups excluding carboxylic acids is 1. The van der Waals surface area contributed by atoms with E-state index < -0.39 is 0 Å². The largest absolute Gasteiger partial charge is 0.490 e. The van der Waals surface area contributed by atoms with Crippen LogP contribution in [-0.2, 0) is 9.53 Å². The van der Waals surface area contributed by atoms with Crippen molar-refractivity contribution in [2.45, 2.75) is 63.9 Å². The van der Waals surface area contributed by atoms with E-state index in [-0.39, 0.29) is 11.0 Å². The third kappa shape index (κ3) is 1.80. The van der Waals surface area contributed by atoms with Crippen molar-refractivity contribution in [3.8, 4) is 0 Å². The Morgan fingerprint density at radius 2 is 2.00 bits per heavy atom. The first-order chi connectivity index (χ1) is 11.6. The summed E-state index contributed by atoms with van der Waals surface area (Å²) in [6.45, 7) is 2.48. The Morgan fingerprint density at radius 1 is 1.08 bits per heavy atom. The molecule has 1 aliphatic heterocycles. The van der Waals surface area contributed by atoms with Crippen LogP contribution in [0.25, 0.3) is 0 Å². The minimum Gasteiger partial charge on any atom is -0.490 e. The summed E-state index contributed by atoms with van der Waals surface area (Å²) in [5.41, 5.74) is 4.80. The number of carbonyl (C=O) groups is 1. The lowest BCUT2D eigenvalue weighted by molar-refractivity contribution is -0.114. The van der Waals surface area contributed by atoms with Crippen molar-refractivity contribution in [2.24, 2.45) is 17.3 Å². The second kappa shape index (κ2) is 4.97. The third-order valence-electron chi connectivity index (χ3n) is 7.75. The van der Waals surface area contributed by atoms with Gasteiger partial charge in [0.25, 0.3) is 0 Å². The zero-order valence-corrected chi connectivity index (χ0v) is 14.5. The van der Waals surface area contributed by atoms with Crippen molar-refractivity contribution in [1.29, 1.82) is 0 Å². The molecule has 5 rings (SSSR count). The van der Waals surface area contributed by atoms with Gasteiger partial charge in [0, 0.05) is 11.8 Å². The Kier molecular flexibility index (Phi) is 3.05. The summed E-state index contributed by atoms with van der Waals surface area (Å²) in [4.78, 5) is 11.8. The van der Waals surface area contributed by atoms with Crippen LogP contribution in [0, 0.1) is 17.3 Å². The summed E-state index contributed by atoms with van der Waals surface area (Å²) in [5, 5.41) is 0. The molecular weight excluding hydrogens is 296 g/mol. The summed E-state index contributed by atoms with van der Waals surface area (Å²) in [7, 11) is 0. The average molecular weight is 322 g/mol. The molecule has 2 fully saturated rings. The standard InChI is InChI=1S/C22H26O2/c1-21-11-8-18-17-7-5-16(23)14-15(17)4-6-19(18)20(21)9-12-22(21)10-2-3-13-24-22/h2-3,10,13-14,19-20H,4-9,11-12H2,1H3/t19-,20+,21+,22?/m1/s1. The molecule has 0 aromatic carbocycles. The molecule has 0 radical (unpaired) electrons. The second-order valence-corrected chi connectivity index (χ2v) is 8.54. The lowest BCUT2D eigenvalue weighted by Crippen LogP contribution is -2.50. The summed E-state index contributed by atoms with van der Waals surface area (Å²) >= 11 is 0. The fourth-order valence-electron chi connectivity index (χ4n) is 6.49. The van der Waals surface area contributed by atoms with Crippen LogP contribution in [0.2, 0.25) is 0 Å². The molecule has 0 aromatic heterocycles. The molecule has 4 aliphatic carbocycles. The Labute approximate surface area is 144 Å². The number of hydrogen-bond acceptors (Lipinski definition) is 2. The zero-order chi connectivity index (χ0) is 16.4. The van der Waals surface area contributed by atoms with Crippen molar-refractivity contribution in [1.82, 2.24) is 0 Å². The smallest absolute Gasteiger partial charge is 0.156 e. The number of rotatable bonds is 0. The fraction of sp³-hybridized carbons (Fsp3) is 0.591. The molecule has 0 amide bonds. The summed E-state index contributed by atoms with van der Waals surface area (Å²) in [6.07, 6.45) is 19.2. The van der Waals surface area contributed by atoms with Crippen LogP contribution >= 0.6 is 0 Å². The predicted molar refractivity (Wildman–Crippen MR) is 94.2 cm³/mol. The predicted octanol–water partition coefficient (Wildman–Crippen LogP) is 5.03. The topological polar surface area (TPSA) is 26.3 Å². The molecule has 2 nitrogen and oxygen atoms in total. The molecule has 2 saturated carbocycles. The normalized spacial score (nSPS) is 43.2. The van der Waals surface area contributed by atoms with Gasteiger partial charge < -0.3 is 4.74 Å². The highest BCUT2D eigenvalue weighted by Gasteiger charge is 2.61. The van der Waals surface area contributed by atoms with Crippen LogP contribution in [0.1, 0.15) is 58.3 Å². The monoisotopic (exact) mass is 322 g/mol. The Bertz CT molecular complexity index is 722. The van der Waals surface area contributed by atoms with Gasteiger partial charge in [-0.05, 0) is 86.2 Å². The van der Waals surface area contributed by atoms with Gasteiger partial charge >= 0.3 is 0 Å². The molecular formula is C22H26O2. The summed E-state index contributed by atoms with van der Waals surface area (Å²) < 4.78 is 6.26. The molecule has 1 heterocycles. The number of hydrogen-bond donors (Lipinski definition) is 0. The summed E-state index contributed by atoms with van der Waals surface area (Å²) in [6, 6.07) is 0. The molecule has 0 saturated heterocycles. The van der Waals surface area contributed by atoms with Gasteiger partial charge in [-0.25, -0.2) is 0 Å². The van der Waals surface area contributed by atoms with Gasteiger partial charge in [-0.1, -0.05) is 18.6 Å². The molecule has 0 aromatic rings. The van der Waals surface area contributed by atoms with E-state index in [4.69, 9.17) is 4.74 Å². The molecule has 1 unspecified atom stereocenters. The van der Waals surface area contributed by atoms with Crippen molar-refractivity contribution in [2.75, 3.05) is 0 Å². The third-order valence-corrected chi connectivity index (χ3v) is 7.75. The minimum absolute atomic E-state index is 0.0821. The van der Waals surface area contributed by atoms with E-state index in [0.29, 0.717) is 11.7 Å². The van der Waals surface area contributed by atoms with Crippen LogP contribution in [-0.4, -0.2) is 11.4 Å². The van der Waals surface area contributed by atoms with E-state index in [0.717, 1.165) is 31.6 Å². The van der Waals surface area contributed by atoms with Gasteiger partial charge in [-0.3, -0.25) is 4.79 Å².